The predicted octanol–water partition coefficient (Wildman–Crippen LogP) is 2.50. The molecule has 0 aliphatic carbocycles. The van der Waals surface area contributed by atoms with E-state index in [2.05, 4.69) is 9.72 Å². The van der Waals surface area contributed by atoms with E-state index in [4.69, 9.17) is 5.73 Å². The third-order valence-corrected chi connectivity index (χ3v) is 1.36. The van der Waals surface area contributed by atoms with Crippen LogP contribution < -0.4 is 10.5 Å². The zero-order chi connectivity index (χ0) is 11.6. The summed E-state index contributed by atoms with van der Waals surface area (Å²) in [6, 6.07) is 1.40. The van der Waals surface area contributed by atoms with E-state index in [0.29, 0.717) is 12.1 Å². The van der Waals surface area contributed by atoms with E-state index < -0.39 is 30.0 Å². The van der Waals surface area contributed by atoms with Gasteiger partial charge in [-0.3, -0.25) is 0 Å². The van der Waals surface area contributed by atoms with E-state index in [1.165, 1.54) is 0 Å². The number of nitrogens with two attached hydrogens (primary N) is 1. The van der Waals surface area contributed by atoms with E-state index in [1.807, 2.05) is 0 Å². The van der Waals surface area contributed by atoms with Crippen molar-refractivity contribution in [3.05, 3.63) is 17.8 Å². The van der Waals surface area contributed by atoms with Gasteiger partial charge >= 0.3 is 6.36 Å². The molecule has 0 aliphatic heterocycles. The van der Waals surface area contributed by atoms with Crippen LogP contribution in [0.1, 0.15) is 12.1 Å². The molecule has 0 saturated carbocycles. The number of hydrogen-bond acceptors (Lipinski definition) is 3. The normalized spacial score (nSPS) is 11.9. The highest BCUT2D eigenvalue weighted by molar-refractivity contribution is 5.46. The predicted molar refractivity (Wildman–Crippen MR) is 40.3 cm³/mol. The summed E-state index contributed by atoms with van der Waals surface area (Å²) < 4.78 is 62.7. The van der Waals surface area contributed by atoms with Gasteiger partial charge in [-0.2, -0.15) is 0 Å². The van der Waals surface area contributed by atoms with Crippen LogP contribution in [0.5, 0.6) is 5.75 Å². The molecule has 0 atom stereocenters. The third-order valence-electron chi connectivity index (χ3n) is 1.36. The smallest absolute Gasteiger partial charge is 0.402 e. The molecule has 1 aromatic heterocycles. The van der Waals surface area contributed by atoms with Gasteiger partial charge in [0.25, 0.3) is 6.43 Å². The molecule has 2 N–H and O–H groups in total. The minimum atomic E-state index is -4.93. The molecule has 15 heavy (non-hydrogen) atoms. The summed E-state index contributed by atoms with van der Waals surface area (Å²) in [6.45, 7) is 0. The van der Waals surface area contributed by atoms with Crippen LogP contribution in [-0.4, -0.2) is 11.3 Å². The Bertz CT molecular complexity index is 352. The van der Waals surface area contributed by atoms with Gasteiger partial charge in [-0.05, 0) is 12.1 Å². The van der Waals surface area contributed by atoms with Crippen molar-refractivity contribution in [2.45, 2.75) is 12.8 Å². The van der Waals surface area contributed by atoms with Crippen LogP contribution in [0.3, 0.4) is 0 Å². The Kier molecular flexibility index (Phi) is 2.96. The number of alkyl halides is 5. The Morgan fingerprint density at radius 2 is 1.87 bits per heavy atom. The monoisotopic (exact) mass is 228 g/mol. The Morgan fingerprint density at radius 3 is 2.27 bits per heavy atom. The first-order valence-electron chi connectivity index (χ1n) is 3.60. The fourth-order valence-corrected chi connectivity index (χ4v) is 0.810. The van der Waals surface area contributed by atoms with E-state index >= 15 is 0 Å². The topological polar surface area (TPSA) is 48.1 Å². The van der Waals surface area contributed by atoms with E-state index in [1.54, 1.807) is 0 Å². The number of rotatable bonds is 2. The average molecular weight is 228 g/mol. The van der Waals surface area contributed by atoms with Crippen molar-refractivity contribution in [3.8, 4) is 5.75 Å². The fourth-order valence-electron chi connectivity index (χ4n) is 0.810. The molecule has 84 valence electrons. The number of pyridine rings is 1. The summed E-state index contributed by atoms with van der Waals surface area (Å²) >= 11 is 0. The number of ether oxygens (including phenoxy) is 1. The number of halogens is 5. The van der Waals surface area contributed by atoms with Gasteiger partial charge in [0.2, 0.25) is 0 Å². The van der Waals surface area contributed by atoms with Crippen LogP contribution in [-0.2, 0) is 0 Å². The summed E-state index contributed by atoms with van der Waals surface area (Å²) in [5.41, 5.74) is 4.29. The highest BCUT2D eigenvalue weighted by atomic mass is 19.4. The number of anilines is 1. The maximum atomic E-state index is 12.0. The second-order valence-corrected chi connectivity index (χ2v) is 2.47. The van der Waals surface area contributed by atoms with Crippen LogP contribution in [0.4, 0.5) is 27.8 Å². The van der Waals surface area contributed by atoms with Gasteiger partial charge in [0.05, 0.1) is 0 Å². The van der Waals surface area contributed by atoms with Gasteiger partial charge in [-0.1, -0.05) is 0 Å². The summed E-state index contributed by atoms with van der Waals surface area (Å²) in [6.07, 6.45) is -7.82. The molecule has 0 aromatic carbocycles. The van der Waals surface area contributed by atoms with Gasteiger partial charge in [0.1, 0.15) is 5.69 Å². The van der Waals surface area contributed by atoms with Crippen molar-refractivity contribution in [3.63, 3.8) is 0 Å². The van der Waals surface area contributed by atoms with Gasteiger partial charge in [0, 0.05) is 0 Å². The highest BCUT2D eigenvalue weighted by Gasteiger charge is 2.32. The molecule has 0 saturated heterocycles. The second kappa shape index (κ2) is 3.87. The average Bonchev–Trinajstić information content (AvgIpc) is 2.05. The van der Waals surface area contributed by atoms with E-state index in [9.17, 15) is 22.0 Å². The molecule has 0 radical (unpaired) electrons. The Morgan fingerprint density at radius 1 is 1.27 bits per heavy atom. The summed E-state index contributed by atoms with van der Waals surface area (Å²) in [7, 11) is 0. The zero-order valence-corrected chi connectivity index (χ0v) is 7.05. The first-order chi connectivity index (χ1) is 6.79. The summed E-state index contributed by atoms with van der Waals surface area (Å²) in [5.74, 6) is -1.53. The van der Waals surface area contributed by atoms with Gasteiger partial charge in [0.15, 0.2) is 11.6 Å². The fraction of sp³-hybridized carbons (Fsp3) is 0.286. The lowest BCUT2D eigenvalue weighted by atomic mass is 10.3. The number of nitrogens with zero attached hydrogens (tertiary/aromatic N) is 1. The van der Waals surface area contributed by atoms with Crippen molar-refractivity contribution < 1.29 is 26.7 Å². The molecule has 1 aromatic rings. The van der Waals surface area contributed by atoms with Crippen LogP contribution in [0.15, 0.2) is 12.1 Å². The molecule has 0 unspecified atom stereocenters. The van der Waals surface area contributed by atoms with Crippen LogP contribution in [0, 0.1) is 0 Å². The maximum absolute atomic E-state index is 12.0. The SMILES string of the molecule is Nc1nc(C(F)F)ccc1OC(F)(F)F. The molecule has 0 bridgehead atoms. The van der Waals surface area contributed by atoms with E-state index in [-0.39, 0.29) is 0 Å². The second-order valence-electron chi connectivity index (χ2n) is 2.47. The molecule has 1 rings (SSSR count). The van der Waals surface area contributed by atoms with Crippen molar-refractivity contribution >= 4 is 5.82 Å². The first kappa shape index (κ1) is 11.5. The molecular formula is C7H5F5N2O. The highest BCUT2D eigenvalue weighted by Crippen LogP contribution is 2.29. The summed E-state index contributed by atoms with van der Waals surface area (Å²) in [5, 5.41) is 0. The lowest BCUT2D eigenvalue weighted by Crippen LogP contribution is -2.18. The largest absolute Gasteiger partial charge is 0.573 e. The van der Waals surface area contributed by atoms with Crippen molar-refractivity contribution in [2.75, 3.05) is 5.73 Å². The van der Waals surface area contributed by atoms with E-state index in [0.717, 1.165) is 0 Å². The number of nitrogen functional groups attached to an aromatic ring is 1. The lowest BCUT2D eigenvalue weighted by Gasteiger charge is -2.10. The van der Waals surface area contributed by atoms with Crippen molar-refractivity contribution in [2.24, 2.45) is 0 Å². The lowest BCUT2D eigenvalue weighted by molar-refractivity contribution is -0.274. The molecule has 0 fully saturated rings. The number of aromatic nitrogens is 1. The standard InChI is InChI=1S/C7H5F5N2O/c8-5(9)3-1-2-4(6(13)14-3)15-7(10,11)12/h1-2,5H,(H2,13,14). The molecule has 0 spiro atoms. The van der Waals surface area contributed by atoms with Gasteiger partial charge in [-0.25, -0.2) is 13.8 Å². The molecule has 8 heteroatoms. The Hall–Kier alpha value is -1.60. The molecule has 3 nitrogen and oxygen atoms in total. The maximum Gasteiger partial charge on any atom is 0.573 e. The minimum absolute atomic E-state index is 0.692. The van der Waals surface area contributed by atoms with Crippen LogP contribution in [0.2, 0.25) is 0 Å². The van der Waals surface area contributed by atoms with Gasteiger partial charge < -0.3 is 10.5 Å². The first-order valence-corrected chi connectivity index (χ1v) is 3.60. The van der Waals surface area contributed by atoms with Crippen LogP contribution in [0.25, 0.3) is 0 Å². The Labute approximate surface area is 80.7 Å². The molecule has 0 aliphatic rings. The zero-order valence-electron chi connectivity index (χ0n) is 7.05. The minimum Gasteiger partial charge on any atom is -0.402 e. The van der Waals surface area contributed by atoms with Crippen LogP contribution >= 0.6 is 0 Å². The molecular weight excluding hydrogens is 223 g/mol. The van der Waals surface area contributed by atoms with Crippen molar-refractivity contribution in [1.29, 1.82) is 0 Å². The number of hydrogen-bond donors (Lipinski definition) is 1. The quantitative estimate of drug-likeness (QED) is 0.791. The molecule has 1 heterocycles. The Balaban J connectivity index is 2.94. The summed E-state index contributed by atoms with van der Waals surface area (Å²) in [4.78, 5) is 3.06. The molecule has 0 amide bonds. The third kappa shape index (κ3) is 3.22. The van der Waals surface area contributed by atoms with Crippen molar-refractivity contribution in [1.82, 2.24) is 4.98 Å². The van der Waals surface area contributed by atoms with Gasteiger partial charge in [-0.15, -0.1) is 13.2 Å².